The number of hydrogen-bond donors (Lipinski definition) is 0. The molecule has 0 aromatic heterocycles. The number of ether oxygens (including phenoxy) is 3. The molecule has 2 heterocycles. The van der Waals surface area contributed by atoms with Gasteiger partial charge in [0.05, 0.1) is 38.5 Å². The summed E-state index contributed by atoms with van der Waals surface area (Å²) in [6, 6.07) is 8.02. The van der Waals surface area contributed by atoms with Crippen molar-refractivity contribution in [2.24, 2.45) is 5.92 Å². The third-order valence-corrected chi connectivity index (χ3v) is 5.85. The Balaban J connectivity index is 1.78. The fourth-order valence-electron chi connectivity index (χ4n) is 4.43. The lowest BCUT2D eigenvalue weighted by molar-refractivity contribution is -0.150. The van der Waals surface area contributed by atoms with Crippen LogP contribution in [0.3, 0.4) is 0 Å². The third-order valence-electron chi connectivity index (χ3n) is 5.85. The van der Waals surface area contributed by atoms with Gasteiger partial charge in [-0.2, -0.15) is 0 Å². The predicted octanol–water partition coefficient (Wildman–Crippen LogP) is 3.30. The molecule has 0 saturated carbocycles. The van der Waals surface area contributed by atoms with E-state index in [0.717, 1.165) is 4.90 Å². The molecule has 2 aromatic rings. The summed E-state index contributed by atoms with van der Waals surface area (Å²) in [7, 11) is 3.02. The van der Waals surface area contributed by atoms with Crippen LogP contribution < -0.4 is 14.4 Å². The minimum atomic E-state index is -1.02. The number of carbonyl (C=O) groups is 3. The van der Waals surface area contributed by atoms with Crippen LogP contribution >= 0.6 is 0 Å². The Bertz CT molecular complexity index is 1060. The van der Waals surface area contributed by atoms with E-state index >= 15 is 0 Å². The summed E-state index contributed by atoms with van der Waals surface area (Å²) in [6.07, 6.45) is 0.209. The first-order valence-electron chi connectivity index (χ1n) is 10.2. The van der Waals surface area contributed by atoms with Crippen LogP contribution in [0, 0.1) is 11.7 Å². The van der Waals surface area contributed by atoms with Gasteiger partial charge >= 0.3 is 12.0 Å². The molecule has 3 unspecified atom stereocenters. The van der Waals surface area contributed by atoms with E-state index in [0.29, 0.717) is 17.1 Å². The Hall–Kier alpha value is -3.62. The Morgan fingerprint density at radius 3 is 2.44 bits per heavy atom. The highest BCUT2D eigenvalue weighted by molar-refractivity contribution is 6.22. The largest absolute Gasteiger partial charge is 0.497 e. The van der Waals surface area contributed by atoms with E-state index in [-0.39, 0.29) is 18.7 Å². The van der Waals surface area contributed by atoms with Crippen molar-refractivity contribution in [3.05, 3.63) is 53.8 Å². The van der Waals surface area contributed by atoms with Crippen molar-refractivity contribution in [3.8, 4) is 11.5 Å². The van der Waals surface area contributed by atoms with Crippen molar-refractivity contribution in [2.45, 2.75) is 25.4 Å². The van der Waals surface area contributed by atoms with Gasteiger partial charge in [0.25, 0.3) is 5.91 Å². The van der Waals surface area contributed by atoms with Gasteiger partial charge in [0.15, 0.2) is 0 Å². The maximum absolute atomic E-state index is 13.4. The number of esters is 1. The molecule has 2 aliphatic rings. The van der Waals surface area contributed by atoms with Crippen molar-refractivity contribution in [1.82, 2.24) is 4.90 Å². The number of imide groups is 1. The van der Waals surface area contributed by atoms with Crippen molar-refractivity contribution in [3.63, 3.8) is 0 Å². The van der Waals surface area contributed by atoms with Gasteiger partial charge < -0.3 is 19.1 Å². The molecule has 2 fully saturated rings. The fraction of sp³-hybridized carbons (Fsp3) is 0.348. The normalized spacial score (nSPS) is 22.2. The molecule has 2 saturated heterocycles. The van der Waals surface area contributed by atoms with Crippen molar-refractivity contribution >= 4 is 23.6 Å². The van der Waals surface area contributed by atoms with Crippen molar-refractivity contribution < 1.29 is 33.0 Å². The molecule has 168 valence electrons. The van der Waals surface area contributed by atoms with Gasteiger partial charge in [0.2, 0.25) is 0 Å². The maximum Gasteiger partial charge on any atom is 0.332 e. The summed E-state index contributed by atoms with van der Waals surface area (Å²) in [5.41, 5.74) is 0.881. The number of nitrogens with zero attached hydrogens (tertiary/aromatic N) is 2. The highest BCUT2D eigenvalue weighted by Gasteiger charge is 2.60. The second kappa shape index (κ2) is 8.49. The molecular weight excluding hydrogens is 419 g/mol. The molecule has 8 nitrogen and oxygen atoms in total. The van der Waals surface area contributed by atoms with Crippen molar-refractivity contribution in [2.75, 3.05) is 25.7 Å². The van der Waals surface area contributed by atoms with Gasteiger partial charge in [0.1, 0.15) is 23.4 Å². The van der Waals surface area contributed by atoms with E-state index < -0.39 is 41.7 Å². The Kier molecular flexibility index (Phi) is 5.73. The summed E-state index contributed by atoms with van der Waals surface area (Å²) in [5.74, 6) is -1.38. The number of carbonyl (C=O) groups excluding carboxylic acids is 3. The molecule has 0 bridgehead atoms. The summed E-state index contributed by atoms with van der Waals surface area (Å²) in [5, 5.41) is 0. The first-order valence-corrected chi connectivity index (χ1v) is 10.2. The molecule has 0 N–H and O–H groups in total. The number of benzene rings is 2. The SMILES string of the molecule is CCOC(=O)C1CC(c2ccc(OC)cc2OC)N2C(=O)N(c3ccc(F)cc3)C(=O)C12. The average Bonchev–Trinajstić information content (AvgIpc) is 3.31. The molecule has 9 heteroatoms. The minimum Gasteiger partial charge on any atom is -0.497 e. The summed E-state index contributed by atoms with van der Waals surface area (Å²) in [6.45, 7) is 1.84. The molecule has 2 aromatic carbocycles. The topological polar surface area (TPSA) is 85.4 Å². The van der Waals surface area contributed by atoms with Crippen LogP contribution in [0.15, 0.2) is 42.5 Å². The molecule has 0 aliphatic carbocycles. The lowest BCUT2D eigenvalue weighted by atomic mass is 9.95. The predicted molar refractivity (Wildman–Crippen MR) is 112 cm³/mol. The summed E-state index contributed by atoms with van der Waals surface area (Å²) < 4.78 is 29.4. The monoisotopic (exact) mass is 442 g/mol. The lowest BCUT2D eigenvalue weighted by Gasteiger charge is -2.25. The van der Waals surface area contributed by atoms with Crippen LogP contribution in [-0.4, -0.2) is 49.7 Å². The average molecular weight is 442 g/mol. The van der Waals surface area contributed by atoms with Crippen LogP contribution in [0.4, 0.5) is 14.9 Å². The van der Waals surface area contributed by atoms with Gasteiger partial charge in [0, 0.05) is 11.6 Å². The van der Waals surface area contributed by atoms with Crippen LogP contribution in [0.25, 0.3) is 0 Å². The zero-order valence-electron chi connectivity index (χ0n) is 17.9. The number of hydrogen-bond acceptors (Lipinski definition) is 6. The molecule has 0 spiro atoms. The summed E-state index contributed by atoms with van der Waals surface area (Å²) >= 11 is 0. The number of fused-ring (bicyclic) bond motifs is 1. The molecule has 3 amide bonds. The Morgan fingerprint density at radius 1 is 1.09 bits per heavy atom. The number of amides is 3. The standard InChI is InChI=1S/C23H23FN2O6/c1-4-32-22(28)17-12-18(16-10-9-15(30-2)11-19(16)31-3)26-20(17)21(27)25(23(26)29)14-7-5-13(24)6-8-14/h5-11,17-18,20H,4,12H2,1-3H3. The van der Waals surface area contributed by atoms with Crippen LogP contribution in [0.5, 0.6) is 11.5 Å². The lowest BCUT2D eigenvalue weighted by Crippen LogP contribution is -2.38. The van der Waals surface area contributed by atoms with Crippen molar-refractivity contribution in [1.29, 1.82) is 0 Å². The Labute approximate surface area is 184 Å². The van der Waals surface area contributed by atoms with E-state index in [1.54, 1.807) is 25.1 Å². The van der Waals surface area contributed by atoms with Crippen LogP contribution in [-0.2, 0) is 14.3 Å². The van der Waals surface area contributed by atoms with Gasteiger partial charge in [-0.3, -0.25) is 9.59 Å². The molecule has 4 rings (SSSR count). The smallest absolute Gasteiger partial charge is 0.332 e. The molecule has 32 heavy (non-hydrogen) atoms. The number of anilines is 1. The number of rotatable bonds is 6. The minimum absolute atomic E-state index is 0.155. The zero-order chi connectivity index (χ0) is 23.0. The third kappa shape index (κ3) is 3.43. The zero-order valence-corrected chi connectivity index (χ0v) is 17.9. The first kappa shape index (κ1) is 21.6. The maximum atomic E-state index is 13.4. The number of halogens is 1. The second-order valence-electron chi connectivity index (χ2n) is 7.50. The van der Waals surface area contributed by atoms with Gasteiger partial charge in [-0.15, -0.1) is 0 Å². The van der Waals surface area contributed by atoms with E-state index in [1.165, 1.54) is 43.4 Å². The van der Waals surface area contributed by atoms with E-state index in [2.05, 4.69) is 0 Å². The number of urea groups is 1. The fourth-order valence-corrected chi connectivity index (χ4v) is 4.43. The van der Waals surface area contributed by atoms with Gasteiger partial charge in [-0.25, -0.2) is 14.1 Å². The second-order valence-corrected chi connectivity index (χ2v) is 7.50. The van der Waals surface area contributed by atoms with Gasteiger partial charge in [-0.05, 0) is 49.7 Å². The first-order chi connectivity index (χ1) is 15.4. The highest BCUT2D eigenvalue weighted by Crippen LogP contribution is 2.48. The summed E-state index contributed by atoms with van der Waals surface area (Å²) in [4.78, 5) is 41.9. The van der Waals surface area contributed by atoms with Gasteiger partial charge in [-0.1, -0.05) is 0 Å². The Morgan fingerprint density at radius 2 is 1.81 bits per heavy atom. The van der Waals surface area contributed by atoms with Crippen LogP contribution in [0.2, 0.25) is 0 Å². The van der Waals surface area contributed by atoms with E-state index in [9.17, 15) is 18.8 Å². The molecular formula is C23H23FN2O6. The quantitative estimate of drug-likeness (QED) is 0.504. The van der Waals surface area contributed by atoms with E-state index in [4.69, 9.17) is 14.2 Å². The number of methoxy groups -OCH3 is 2. The molecule has 3 atom stereocenters. The van der Waals surface area contributed by atoms with Crippen LogP contribution in [0.1, 0.15) is 24.9 Å². The van der Waals surface area contributed by atoms with E-state index in [1.807, 2.05) is 0 Å². The highest BCUT2D eigenvalue weighted by atomic mass is 19.1. The molecule has 2 aliphatic heterocycles. The molecule has 0 radical (unpaired) electrons.